The summed E-state index contributed by atoms with van der Waals surface area (Å²) in [7, 11) is -2.09. The fraction of sp³-hybridized carbons (Fsp3) is 0.889. The zero-order chi connectivity index (χ0) is 11.9. The topological polar surface area (TPSA) is 69.7 Å². The molecular formula is C9H16O5S. The van der Waals surface area contributed by atoms with E-state index >= 15 is 0 Å². The number of ether oxygens (including phenoxy) is 2. The van der Waals surface area contributed by atoms with Crippen molar-refractivity contribution in [2.45, 2.75) is 36.9 Å². The van der Waals surface area contributed by atoms with Crippen molar-refractivity contribution in [2.75, 3.05) is 13.7 Å². The van der Waals surface area contributed by atoms with E-state index in [0.717, 1.165) is 0 Å². The van der Waals surface area contributed by atoms with Gasteiger partial charge in [0.25, 0.3) is 0 Å². The van der Waals surface area contributed by atoms with Crippen LogP contribution in [0.1, 0.15) is 20.8 Å². The molecule has 0 bridgehead atoms. The third kappa shape index (κ3) is 1.56. The van der Waals surface area contributed by atoms with Crippen LogP contribution in [0.2, 0.25) is 0 Å². The fourth-order valence-corrected chi connectivity index (χ4v) is 3.91. The Hall–Kier alpha value is -0.620. The molecule has 0 radical (unpaired) electrons. The van der Waals surface area contributed by atoms with Crippen LogP contribution in [-0.2, 0) is 24.1 Å². The van der Waals surface area contributed by atoms with Crippen molar-refractivity contribution in [1.82, 2.24) is 0 Å². The summed E-state index contributed by atoms with van der Waals surface area (Å²) in [6.45, 7) is 4.90. The summed E-state index contributed by atoms with van der Waals surface area (Å²) in [6, 6.07) is 0. The first-order valence-corrected chi connectivity index (χ1v) is 6.28. The molecule has 5 nitrogen and oxygen atoms in total. The standard InChI is InChI=1S/C9H16O5S/c1-5-14-8(10)6-7(13-4)9(2,3)15(6,11)12/h6-7H,5H2,1-4H3/t6-,7-/m1/s1. The Balaban J connectivity index is 2.97. The molecule has 0 unspecified atom stereocenters. The second-order valence-electron chi connectivity index (χ2n) is 3.98. The molecule has 1 aliphatic rings. The maximum atomic E-state index is 11.8. The van der Waals surface area contributed by atoms with Gasteiger partial charge < -0.3 is 9.47 Å². The predicted octanol–water partition coefficient (Wildman–Crippen LogP) is 0.140. The first-order valence-electron chi connectivity index (χ1n) is 4.73. The molecule has 6 heteroatoms. The lowest BCUT2D eigenvalue weighted by Gasteiger charge is -2.47. The van der Waals surface area contributed by atoms with Crippen LogP contribution < -0.4 is 0 Å². The predicted molar refractivity (Wildman–Crippen MR) is 54.2 cm³/mol. The Kier molecular flexibility index (Phi) is 3.11. The Morgan fingerprint density at radius 3 is 2.33 bits per heavy atom. The highest BCUT2D eigenvalue weighted by atomic mass is 32.2. The third-order valence-corrected chi connectivity index (χ3v) is 5.61. The molecule has 2 atom stereocenters. The SMILES string of the molecule is CCOC(=O)[C@H]1[C@@H](OC)C(C)(C)S1(=O)=O. The van der Waals surface area contributed by atoms with Crippen LogP contribution >= 0.6 is 0 Å². The van der Waals surface area contributed by atoms with Gasteiger partial charge in [-0.05, 0) is 20.8 Å². The van der Waals surface area contributed by atoms with Crippen molar-refractivity contribution in [3.05, 3.63) is 0 Å². The normalized spacial score (nSPS) is 31.7. The highest BCUT2D eigenvalue weighted by molar-refractivity contribution is 7.95. The van der Waals surface area contributed by atoms with E-state index in [9.17, 15) is 13.2 Å². The number of sulfone groups is 1. The van der Waals surface area contributed by atoms with Crippen molar-refractivity contribution in [1.29, 1.82) is 0 Å². The van der Waals surface area contributed by atoms with E-state index in [-0.39, 0.29) is 6.61 Å². The average molecular weight is 236 g/mol. The summed E-state index contributed by atoms with van der Waals surface area (Å²) in [5.74, 6) is -0.719. The molecule has 0 aromatic heterocycles. The number of carbonyl (C=O) groups excluding carboxylic acids is 1. The summed E-state index contributed by atoms with van der Waals surface area (Å²) in [5, 5.41) is -1.17. The molecule has 0 spiro atoms. The van der Waals surface area contributed by atoms with E-state index in [1.165, 1.54) is 7.11 Å². The lowest BCUT2D eigenvalue weighted by Crippen LogP contribution is -2.70. The number of esters is 1. The van der Waals surface area contributed by atoms with Crippen molar-refractivity contribution >= 4 is 15.8 Å². The lowest BCUT2D eigenvalue weighted by molar-refractivity contribution is -0.147. The van der Waals surface area contributed by atoms with Gasteiger partial charge in [-0.25, -0.2) is 8.42 Å². The van der Waals surface area contributed by atoms with Crippen molar-refractivity contribution < 1.29 is 22.7 Å². The molecule has 15 heavy (non-hydrogen) atoms. The van der Waals surface area contributed by atoms with Crippen molar-refractivity contribution in [3.63, 3.8) is 0 Å². The van der Waals surface area contributed by atoms with Gasteiger partial charge in [0.15, 0.2) is 15.1 Å². The van der Waals surface area contributed by atoms with Gasteiger partial charge in [-0.3, -0.25) is 4.79 Å². The minimum atomic E-state index is -3.48. The monoisotopic (exact) mass is 236 g/mol. The van der Waals surface area contributed by atoms with Crippen molar-refractivity contribution in [3.8, 4) is 0 Å². The highest BCUT2D eigenvalue weighted by Gasteiger charge is 2.66. The van der Waals surface area contributed by atoms with Gasteiger partial charge in [0.05, 0.1) is 11.4 Å². The minimum absolute atomic E-state index is 0.168. The number of rotatable bonds is 3. The average Bonchev–Trinajstić information content (AvgIpc) is 2.12. The zero-order valence-corrected chi connectivity index (χ0v) is 10.1. The number of hydrogen-bond acceptors (Lipinski definition) is 5. The molecule has 1 aliphatic heterocycles. The van der Waals surface area contributed by atoms with Crippen LogP contribution in [0.15, 0.2) is 0 Å². The van der Waals surface area contributed by atoms with Crippen LogP contribution in [0, 0.1) is 0 Å². The van der Waals surface area contributed by atoms with Gasteiger partial charge >= 0.3 is 5.97 Å². The van der Waals surface area contributed by atoms with E-state index in [0.29, 0.717) is 0 Å². The molecule has 0 N–H and O–H groups in total. The van der Waals surface area contributed by atoms with Gasteiger partial charge in [0.2, 0.25) is 0 Å². The fourth-order valence-electron chi connectivity index (χ4n) is 1.83. The maximum absolute atomic E-state index is 11.8. The van der Waals surface area contributed by atoms with Gasteiger partial charge in [0, 0.05) is 7.11 Å². The Labute approximate surface area is 89.7 Å². The first kappa shape index (κ1) is 12.4. The number of hydrogen-bond donors (Lipinski definition) is 0. The van der Waals surface area contributed by atoms with E-state index in [2.05, 4.69) is 0 Å². The van der Waals surface area contributed by atoms with Crippen LogP contribution in [0.4, 0.5) is 0 Å². The molecule has 1 heterocycles. The molecule has 1 saturated heterocycles. The summed E-state index contributed by atoms with van der Waals surface area (Å²) in [4.78, 5) is 11.4. The summed E-state index contributed by atoms with van der Waals surface area (Å²) < 4.78 is 32.3. The van der Waals surface area contributed by atoms with Gasteiger partial charge in [0.1, 0.15) is 6.10 Å². The molecule has 88 valence electrons. The Morgan fingerprint density at radius 1 is 1.40 bits per heavy atom. The van der Waals surface area contributed by atoms with Crippen molar-refractivity contribution in [2.24, 2.45) is 0 Å². The quantitative estimate of drug-likeness (QED) is 0.652. The lowest BCUT2D eigenvalue weighted by atomic mass is 10.0. The molecular weight excluding hydrogens is 220 g/mol. The molecule has 0 amide bonds. The zero-order valence-electron chi connectivity index (χ0n) is 9.31. The van der Waals surface area contributed by atoms with E-state index in [4.69, 9.17) is 9.47 Å². The molecule has 1 fully saturated rings. The van der Waals surface area contributed by atoms with E-state index in [1.807, 2.05) is 0 Å². The van der Waals surface area contributed by atoms with E-state index in [1.54, 1.807) is 20.8 Å². The number of methoxy groups -OCH3 is 1. The number of carbonyl (C=O) groups is 1. The van der Waals surface area contributed by atoms with Crippen LogP contribution in [-0.4, -0.2) is 44.2 Å². The van der Waals surface area contributed by atoms with Crippen LogP contribution in [0.5, 0.6) is 0 Å². The third-order valence-electron chi connectivity index (χ3n) is 2.80. The highest BCUT2D eigenvalue weighted by Crippen LogP contribution is 2.42. The first-order chi connectivity index (χ1) is 6.80. The van der Waals surface area contributed by atoms with Gasteiger partial charge in [-0.1, -0.05) is 0 Å². The molecule has 0 saturated carbocycles. The largest absolute Gasteiger partial charge is 0.465 e. The van der Waals surface area contributed by atoms with Gasteiger partial charge in [-0.15, -0.1) is 0 Å². The minimum Gasteiger partial charge on any atom is -0.465 e. The van der Waals surface area contributed by atoms with E-state index < -0.39 is 31.9 Å². The summed E-state index contributed by atoms with van der Waals surface area (Å²) >= 11 is 0. The smallest absolute Gasteiger partial charge is 0.327 e. The molecule has 1 rings (SSSR count). The second kappa shape index (κ2) is 3.75. The molecule has 0 aliphatic carbocycles. The Morgan fingerprint density at radius 2 is 1.93 bits per heavy atom. The van der Waals surface area contributed by atoms with Crippen LogP contribution in [0.3, 0.4) is 0 Å². The summed E-state index contributed by atoms with van der Waals surface area (Å²) in [5.41, 5.74) is 0. The van der Waals surface area contributed by atoms with Crippen LogP contribution in [0.25, 0.3) is 0 Å². The maximum Gasteiger partial charge on any atom is 0.327 e. The summed E-state index contributed by atoms with van der Waals surface area (Å²) in [6.07, 6.45) is -0.624. The molecule has 0 aromatic rings. The van der Waals surface area contributed by atoms with Gasteiger partial charge in [-0.2, -0.15) is 0 Å². The second-order valence-corrected chi connectivity index (χ2v) is 6.63. The molecule has 0 aromatic carbocycles. The Bertz CT molecular complexity index is 357.